The van der Waals surface area contributed by atoms with Crippen LogP contribution in [-0.2, 0) is 0 Å². The number of phenols is 2. The fourth-order valence-electron chi connectivity index (χ4n) is 1.36. The van der Waals surface area contributed by atoms with E-state index in [2.05, 4.69) is 10.3 Å². The summed E-state index contributed by atoms with van der Waals surface area (Å²) in [5.74, 6) is -1.73. The third-order valence-corrected chi connectivity index (χ3v) is 2.21. The number of nitrogens with one attached hydrogen (secondary N) is 1. The molecule has 0 aliphatic rings. The topological polar surface area (TPSA) is 82.5 Å². The van der Waals surface area contributed by atoms with Crippen molar-refractivity contribution in [3.63, 3.8) is 0 Å². The number of aromatic nitrogens is 1. The first kappa shape index (κ1) is 11.8. The molecule has 1 amide bonds. The van der Waals surface area contributed by atoms with Crippen molar-refractivity contribution in [1.82, 2.24) is 4.98 Å². The number of aromatic hydroxyl groups is 2. The predicted molar refractivity (Wildman–Crippen MR) is 61.9 cm³/mol. The zero-order valence-corrected chi connectivity index (χ0v) is 9.09. The van der Waals surface area contributed by atoms with Gasteiger partial charge in [-0.2, -0.15) is 4.39 Å². The van der Waals surface area contributed by atoms with E-state index in [0.29, 0.717) is 5.69 Å². The number of anilines is 1. The average Bonchev–Trinajstić information content (AvgIpc) is 2.32. The Morgan fingerprint density at radius 1 is 1.22 bits per heavy atom. The summed E-state index contributed by atoms with van der Waals surface area (Å²) in [6, 6.07) is 6.05. The fraction of sp³-hybridized carbons (Fsp3) is 0. The molecule has 18 heavy (non-hydrogen) atoms. The number of hydrogen-bond donors (Lipinski definition) is 3. The molecule has 0 saturated carbocycles. The second-order valence-corrected chi connectivity index (χ2v) is 3.53. The first-order valence-electron chi connectivity index (χ1n) is 5.01. The van der Waals surface area contributed by atoms with Gasteiger partial charge in [0.1, 0.15) is 11.5 Å². The van der Waals surface area contributed by atoms with Crippen LogP contribution in [0.15, 0.2) is 36.5 Å². The van der Waals surface area contributed by atoms with Crippen LogP contribution in [0.2, 0.25) is 0 Å². The molecule has 0 aliphatic heterocycles. The number of carbonyl (C=O) groups is 1. The second-order valence-electron chi connectivity index (χ2n) is 3.53. The Balaban J connectivity index is 2.19. The minimum Gasteiger partial charge on any atom is -0.508 e. The lowest BCUT2D eigenvalue weighted by atomic mass is 10.1. The van der Waals surface area contributed by atoms with Crippen molar-refractivity contribution in [3.8, 4) is 11.5 Å². The Morgan fingerprint density at radius 2 is 2.00 bits per heavy atom. The SMILES string of the molecule is O=C(Nc1ccc(F)nc1)c1ccc(O)cc1O. The molecule has 0 fully saturated rings. The number of nitrogens with zero attached hydrogens (tertiary/aromatic N) is 1. The van der Waals surface area contributed by atoms with Crippen LogP contribution in [-0.4, -0.2) is 21.1 Å². The van der Waals surface area contributed by atoms with Crippen molar-refractivity contribution in [3.05, 3.63) is 48.0 Å². The molecule has 0 bridgehead atoms. The highest BCUT2D eigenvalue weighted by Gasteiger charge is 2.11. The van der Waals surface area contributed by atoms with E-state index in [-0.39, 0.29) is 17.1 Å². The smallest absolute Gasteiger partial charge is 0.259 e. The van der Waals surface area contributed by atoms with Crippen LogP contribution in [0.5, 0.6) is 11.5 Å². The van der Waals surface area contributed by atoms with Gasteiger partial charge >= 0.3 is 0 Å². The highest BCUT2D eigenvalue weighted by molar-refractivity contribution is 6.06. The number of carbonyl (C=O) groups excluding carboxylic acids is 1. The van der Waals surface area contributed by atoms with Gasteiger partial charge in [-0.05, 0) is 24.3 Å². The number of rotatable bonds is 2. The number of benzene rings is 1. The van der Waals surface area contributed by atoms with Gasteiger partial charge < -0.3 is 15.5 Å². The minimum atomic E-state index is -0.652. The average molecular weight is 248 g/mol. The van der Waals surface area contributed by atoms with Crippen LogP contribution >= 0.6 is 0 Å². The molecule has 2 rings (SSSR count). The molecule has 2 aromatic rings. The third-order valence-electron chi connectivity index (χ3n) is 2.21. The van der Waals surface area contributed by atoms with E-state index >= 15 is 0 Å². The predicted octanol–water partition coefficient (Wildman–Crippen LogP) is 1.88. The quantitative estimate of drug-likeness (QED) is 0.709. The minimum absolute atomic E-state index is 0.00266. The van der Waals surface area contributed by atoms with Gasteiger partial charge in [-0.1, -0.05) is 0 Å². The summed E-state index contributed by atoms with van der Waals surface area (Å²) >= 11 is 0. The van der Waals surface area contributed by atoms with Gasteiger partial charge in [-0.15, -0.1) is 0 Å². The van der Waals surface area contributed by atoms with E-state index in [1.807, 2.05) is 0 Å². The summed E-state index contributed by atoms with van der Waals surface area (Å²) in [5.41, 5.74) is 0.297. The van der Waals surface area contributed by atoms with Crippen LogP contribution in [0.4, 0.5) is 10.1 Å². The number of phenolic OH excluding ortho intramolecular Hbond substituents is 2. The van der Waals surface area contributed by atoms with Gasteiger partial charge in [0.25, 0.3) is 5.91 Å². The van der Waals surface area contributed by atoms with Gasteiger partial charge in [-0.25, -0.2) is 4.98 Å². The Morgan fingerprint density at radius 3 is 2.61 bits per heavy atom. The zero-order chi connectivity index (χ0) is 13.1. The molecule has 3 N–H and O–H groups in total. The van der Waals surface area contributed by atoms with Crippen LogP contribution in [0, 0.1) is 5.95 Å². The number of hydrogen-bond acceptors (Lipinski definition) is 4. The standard InChI is InChI=1S/C12H9FN2O3/c13-11-4-1-7(6-14-11)15-12(18)9-3-2-8(16)5-10(9)17/h1-6,16-17H,(H,15,18). The van der Waals surface area contributed by atoms with Gasteiger partial charge in [-0.3, -0.25) is 4.79 Å². The maximum atomic E-state index is 12.6. The molecule has 5 nitrogen and oxygen atoms in total. The number of amides is 1. The molecule has 0 aliphatic carbocycles. The molecule has 0 saturated heterocycles. The number of halogens is 1. The largest absolute Gasteiger partial charge is 0.508 e. The summed E-state index contributed by atoms with van der Waals surface area (Å²) in [6.45, 7) is 0. The number of pyridine rings is 1. The molecule has 1 aromatic carbocycles. The van der Waals surface area contributed by atoms with Gasteiger partial charge in [0.15, 0.2) is 0 Å². The molecule has 0 unspecified atom stereocenters. The molecule has 1 heterocycles. The van der Waals surface area contributed by atoms with Crippen molar-refractivity contribution in [2.45, 2.75) is 0 Å². The maximum absolute atomic E-state index is 12.6. The first-order valence-corrected chi connectivity index (χ1v) is 5.01. The molecule has 0 radical (unpaired) electrons. The highest BCUT2D eigenvalue weighted by atomic mass is 19.1. The zero-order valence-electron chi connectivity index (χ0n) is 9.09. The van der Waals surface area contributed by atoms with Gasteiger partial charge in [0.2, 0.25) is 5.95 Å². The van der Waals surface area contributed by atoms with E-state index in [9.17, 15) is 14.3 Å². The van der Waals surface area contributed by atoms with Crippen LogP contribution in [0.1, 0.15) is 10.4 Å². The van der Waals surface area contributed by atoms with E-state index in [4.69, 9.17) is 5.11 Å². The van der Waals surface area contributed by atoms with E-state index in [1.165, 1.54) is 18.2 Å². The summed E-state index contributed by atoms with van der Waals surface area (Å²) in [7, 11) is 0. The Kier molecular flexibility index (Phi) is 3.09. The second kappa shape index (κ2) is 4.70. The molecule has 1 aromatic heterocycles. The van der Waals surface area contributed by atoms with Gasteiger partial charge in [0.05, 0.1) is 17.4 Å². The normalized spacial score (nSPS) is 10.1. The lowest BCUT2D eigenvalue weighted by Gasteiger charge is -2.06. The summed E-state index contributed by atoms with van der Waals surface area (Å²) in [5, 5.41) is 21.0. The van der Waals surface area contributed by atoms with Crippen molar-refractivity contribution >= 4 is 11.6 Å². The van der Waals surface area contributed by atoms with Crippen molar-refractivity contribution < 1.29 is 19.4 Å². The molecular weight excluding hydrogens is 239 g/mol. The molecule has 0 spiro atoms. The summed E-state index contributed by atoms with van der Waals surface area (Å²) in [6.07, 6.45) is 1.16. The van der Waals surface area contributed by atoms with Crippen molar-refractivity contribution in [2.24, 2.45) is 0 Å². The molecule has 92 valence electrons. The van der Waals surface area contributed by atoms with E-state index in [0.717, 1.165) is 18.3 Å². The maximum Gasteiger partial charge on any atom is 0.259 e. The third kappa shape index (κ3) is 2.54. The molecular formula is C12H9FN2O3. The van der Waals surface area contributed by atoms with Crippen molar-refractivity contribution in [2.75, 3.05) is 5.32 Å². The van der Waals surface area contributed by atoms with E-state index in [1.54, 1.807) is 0 Å². The van der Waals surface area contributed by atoms with Crippen LogP contribution < -0.4 is 5.32 Å². The Labute approximate surface area is 102 Å². The highest BCUT2D eigenvalue weighted by Crippen LogP contribution is 2.23. The Hall–Kier alpha value is -2.63. The molecule has 6 heteroatoms. The lowest BCUT2D eigenvalue weighted by Crippen LogP contribution is -2.12. The first-order chi connectivity index (χ1) is 8.56. The summed E-state index contributed by atoms with van der Waals surface area (Å²) in [4.78, 5) is 15.1. The van der Waals surface area contributed by atoms with Crippen molar-refractivity contribution in [1.29, 1.82) is 0 Å². The van der Waals surface area contributed by atoms with Gasteiger partial charge in [0, 0.05) is 6.07 Å². The van der Waals surface area contributed by atoms with Crippen LogP contribution in [0.25, 0.3) is 0 Å². The van der Waals surface area contributed by atoms with Crippen LogP contribution in [0.3, 0.4) is 0 Å². The lowest BCUT2D eigenvalue weighted by molar-refractivity contribution is 0.102. The summed E-state index contributed by atoms with van der Waals surface area (Å²) < 4.78 is 12.6. The van der Waals surface area contributed by atoms with E-state index < -0.39 is 11.9 Å². The fourth-order valence-corrected chi connectivity index (χ4v) is 1.36. The molecule has 0 atom stereocenters. The Bertz CT molecular complexity index is 584. The monoisotopic (exact) mass is 248 g/mol.